The maximum absolute atomic E-state index is 12.2. The van der Waals surface area contributed by atoms with Crippen molar-refractivity contribution in [1.82, 2.24) is 4.47 Å². The van der Waals surface area contributed by atoms with Crippen LogP contribution in [0.3, 0.4) is 0 Å². The van der Waals surface area contributed by atoms with Crippen molar-refractivity contribution in [3.8, 4) is 5.75 Å². The molecule has 0 atom stereocenters. The maximum atomic E-state index is 12.2. The maximum Gasteiger partial charge on any atom is 0.387 e. The Kier molecular flexibility index (Phi) is 5.22. The molecule has 1 amide bonds. The first kappa shape index (κ1) is 16.1. The number of hydroxylamine groups is 1. The van der Waals surface area contributed by atoms with Crippen LogP contribution in [-0.2, 0) is 14.9 Å². The largest absolute Gasteiger partial charge is 0.527 e. The Morgan fingerprint density at radius 2 is 2.00 bits per heavy atom. The lowest BCUT2D eigenvalue weighted by atomic mass is 10.3. The number of amides is 1. The predicted octanol–water partition coefficient (Wildman–Crippen LogP) is 0.573. The van der Waals surface area contributed by atoms with Crippen molar-refractivity contribution in [3.63, 3.8) is 0 Å². The van der Waals surface area contributed by atoms with E-state index in [-0.39, 0.29) is 6.61 Å². The molecule has 0 saturated carbocycles. The van der Waals surface area contributed by atoms with Crippen LogP contribution in [0.1, 0.15) is 6.92 Å². The first-order valence-corrected chi connectivity index (χ1v) is 6.67. The number of hydrogen-bond acceptors (Lipinski definition) is 6. The Morgan fingerprint density at radius 1 is 1.40 bits per heavy atom. The molecule has 20 heavy (non-hydrogen) atoms. The molecule has 0 N–H and O–H groups in total. The van der Waals surface area contributed by atoms with Crippen molar-refractivity contribution in [3.05, 3.63) is 24.3 Å². The number of rotatable bonds is 6. The fourth-order valence-electron chi connectivity index (χ4n) is 1.28. The van der Waals surface area contributed by atoms with Crippen LogP contribution in [0.25, 0.3) is 0 Å². The number of carbonyl (C=O) groups is 1. The van der Waals surface area contributed by atoms with E-state index in [2.05, 4.69) is 9.57 Å². The van der Waals surface area contributed by atoms with E-state index in [1.807, 2.05) is 0 Å². The summed E-state index contributed by atoms with van der Waals surface area (Å²) < 4.78 is 52.1. The summed E-state index contributed by atoms with van der Waals surface area (Å²) in [6.07, 6.45) is -2.15. The van der Waals surface area contributed by atoms with Gasteiger partial charge in [-0.3, -0.25) is 4.84 Å². The van der Waals surface area contributed by atoms with Gasteiger partial charge < -0.3 is 14.6 Å². The van der Waals surface area contributed by atoms with Crippen LogP contribution in [0.2, 0.25) is 0 Å². The van der Waals surface area contributed by atoms with E-state index in [1.165, 1.54) is 19.1 Å². The normalized spacial score (nSPS) is 11.4. The Bertz CT molecular complexity index is 577. The molecule has 1 aromatic rings. The molecule has 0 heterocycles. The van der Waals surface area contributed by atoms with E-state index in [1.54, 1.807) is 0 Å². The molecular formula is C10H10F2NO6S-. The topological polar surface area (TPSA) is 96.0 Å². The molecule has 112 valence electrons. The smallest absolute Gasteiger partial charge is 0.387 e. The number of ether oxygens (including phenoxy) is 1. The van der Waals surface area contributed by atoms with Crippen molar-refractivity contribution in [2.45, 2.75) is 18.4 Å². The van der Waals surface area contributed by atoms with Crippen LogP contribution in [-0.4, -0.2) is 32.2 Å². The molecular weight excluding hydrogens is 300 g/mol. The number of nitrogens with zero attached hydrogens (tertiary/aromatic N) is 1. The number of benzene rings is 1. The Balaban J connectivity index is 3.30. The van der Waals surface area contributed by atoms with Gasteiger partial charge >= 0.3 is 6.61 Å². The molecule has 0 aliphatic heterocycles. The summed E-state index contributed by atoms with van der Waals surface area (Å²) in [5, 5.41) is 10.8. The molecule has 0 bridgehead atoms. The number of hydrogen-bond donors (Lipinski definition) is 0. The lowest BCUT2D eigenvalue weighted by Crippen LogP contribution is -2.45. The number of carbonyl (C=O) groups excluding carboxylic acids is 1. The zero-order chi connectivity index (χ0) is 15.3. The monoisotopic (exact) mass is 310 g/mol. The van der Waals surface area contributed by atoms with Gasteiger partial charge in [0.05, 0.1) is 6.61 Å². The molecule has 0 spiro atoms. The minimum atomic E-state index is -4.75. The second-order valence-corrected chi connectivity index (χ2v) is 4.96. The van der Waals surface area contributed by atoms with Crippen LogP contribution < -0.4 is 9.84 Å². The van der Waals surface area contributed by atoms with Gasteiger partial charge in [-0.25, -0.2) is 0 Å². The second-order valence-electron chi connectivity index (χ2n) is 3.24. The SMILES string of the molecule is CCON(C(=O)[O-])S(=O)(=O)c1ccccc1OC(F)F. The number of carboxylic acid groups (broad SMARTS) is 1. The third-order valence-electron chi connectivity index (χ3n) is 1.96. The molecule has 0 radical (unpaired) electrons. The average molecular weight is 310 g/mol. The third-order valence-corrected chi connectivity index (χ3v) is 3.54. The predicted molar refractivity (Wildman–Crippen MR) is 59.1 cm³/mol. The highest BCUT2D eigenvalue weighted by atomic mass is 32.2. The van der Waals surface area contributed by atoms with E-state index < -0.39 is 37.8 Å². The minimum Gasteiger partial charge on any atom is -0.527 e. The first-order chi connectivity index (χ1) is 9.30. The highest BCUT2D eigenvalue weighted by Gasteiger charge is 2.29. The van der Waals surface area contributed by atoms with Gasteiger partial charge in [0.2, 0.25) is 0 Å². The Hall–Kier alpha value is -1.94. The number of halogens is 2. The van der Waals surface area contributed by atoms with E-state index >= 15 is 0 Å². The summed E-state index contributed by atoms with van der Waals surface area (Å²) in [5.41, 5.74) is 0. The summed E-state index contributed by atoms with van der Waals surface area (Å²) >= 11 is 0. The summed E-state index contributed by atoms with van der Waals surface area (Å²) in [6.45, 7) is -2.21. The molecule has 7 nitrogen and oxygen atoms in total. The molecule has 0 aromatic heterocycles. The molecule has 0 fully saturated rings. The molecule has 1 aromatic carbocycles. The van der Waals surface area contributed by atoms with Crippen molar-refractivity contribution >= 4 is 16.1 Å². The van der Waals surface area contributed by atoms with Gasteiger partial charge in [-0.05, 0) is 19.1 Å². The molecule has 1 rings (SSSR count). The molecule has 0 aliphatic carbocycles. The van der Waals surface area contributed by atoms with Crippen molar-refractivity contribution in [2.75, 3.05) is 6.61 Å². The van der Waals surface area contributed by atoms with Crippen LogP contribution in [0.4, 0.5) is 13.6 Å². The lowest BCUT2D eigenvalue weighted by molar-refractivity contribution is -0.284. The van der Waals surface area contributed by atoms with Gasteiger partial charge in [-0.2, -0.15) is 17.2 Å². The number of para-hydroxylation sites is 1. The lowest BCUT2D eigenvalue weighted by Gasteiger charge is -2.23. The highest BCUT2D eigenvalue weighted by Crippen LogP contribution is 2.27. The zero-order valence-corrected chi connectivity index (χ0v) is 11.0. The third kappa shape index (κ3) is 3.54. The summed E-state index contributed by atoms with van der Waals surface area (Å²) in [7, 11) is -4.75. The van der Waals surface area contributed by atoms with Gasteiger partial charge in [-0.15, -0.1) is 4.47 Å². The minimum absolute atomic E-state index is 0.287. The fraction of sp³-hybridized carbons (Fsp3) is 0.300. The number of sulfonamides is 1. The van der Waals surface area contributed by atoms with Gasteiger partial charge in [-0.1, -0.05) is 12.1 Å². The van der Waals surface area contributed by atoms with Crippen molar-refractivity contribution in [2.24, 2.45) is 0 Å². The van der Waals surface area contributed by atoms with Gasteiger partial charge in [0.15, 0.2) is 6.09 Å². The van der Waals surface area contributed by atoms with Crippen LogP contribution in [0.5, 0.6) is 5.75 Å². The quantitative estimate of drug-likeness (QED) is 0.713. The summed E-state index contributed by atoms with van der Waals surface area (Å²) in [6, 6.07) is 4.33. The summed E-state index contributed by atoms with van der Waals surface area (Å²) in [5.74, 6) is -0.701. The summed E-state index contributed by atoms with van der Waals surface area (Å²) in [4.78, 5) is 14.4. The van der Waals surface area contributed by atoms with E-state index in [0.29, 0.717) is 0 Å². The van der Waals surface area contributed by atoms with Crippen molar-refractivity contribution in [1.29, 1.82) is 0 Å². The zero-order valence-electron chi connectivity index (χ0n) is 10.2. The van der Waals surface area contributed by atoms with Crippen LogP contribution in [0.15, 0.2) is 29.2 Å². The van der Waals surface area contributed by atoms with E-state index in [4.69, 9.17) is 0 Å². The molecule has 10 heteroatoms. The molecule has 0 unspecified atom stereocenters. The fourth-order valence-corrected chi connectivity index (χ4v) is 2.52. The Morgan fingerprint density at radius 3 is 2.50 bits per heavy atom. The average Bonchev–Trinajstić information content (AvgIpc) is 2.35. The highest BCUT2D eigenvalue weighted by molar-refractivity contribution is 7.89. The second kappa shape index (κ2) is 6.48. The standard InChI is InChI=1S/C10H11F2NO6S/c1-2-18-13(10(14)15)20(16,17)8-6-4-3-5-7(8)19-9(11)12/h3-6,9H,2H2,1H3,(H,14,15)/p-1. The Labute approximate surface area is 113 Å². The molecule has 0 saturated heterocycles. The van der Waals surface area contributed by atoms with E-state index in [0.717, 1.165) is 12.1 Å². The van der Waals surface area contributed by atoms with Crippen LogP contribution in [0, 0.1) is 0 Å². The van der Waals surface area contributed by atoms with Gasteiger partial charge in [0.1, 0.15) is 10.6 Å². The number of alkyl halides is 2. The van der Waals surface area contributed by atoms with Crippen molar-refractivity contribution < 1.29 is 36.7 Å². The van der Waals surface area contributed by atoms with E-state index in [9.17, 15) is 27.1 Å². The van der Waals surface area contributed by atoms with Gasteiger partial charge in [0, 0.05) is 0 Å². The molecule has 0 aliphatic rings. The van der Waals surface area contributed by atoms with Crippen LogP contribution >= 0.6 is 0 Å². The first-order valence-electron chi connectivity index (χ1n) is 5.23. The van der Waals surface area contributed by atoms with Gasteiger partial charge in [0.25, 0.3) is 10.0 Å².